The van der Waals surface area contributed by atoms with Crippen molar-refractivity contribution in [1.82, 2.24) is 15.3 Å². The first-order valence-corrected chi connectivity index (χ1v) is 8.88. The van der Waals surface area contributed by atoms with Crippen LogP contribution in [-0.2, 0) is 0 Å². The first-order valence-electron chi connectivity index (χ1n) is 8.88. The molecule has 1 aromatic carbocycles. The fraction of sp³-hybridized carbons (Fsp3) is 0.421. The third kappa shape index (κ3) is 5.08. The van der Waals surface area contributed by atoms with Crippen molar-refractivity contribution in [3.05, 3.63) is 42.2 Å². The van der Waals surface area contributed by atoms with Gasteiger partial charge in [0.05, 0.1) is 19.2 Å². The summed E-state index contributed by atoms with van der Waals surface area (Å²) in [6.07, 6.45) is 7.57. The van der Waals surface area contributed by atoms with Crippen LogP contribution in [0.4, 0.5) is 5.95 Å². The number of ether oxygens (including phenoxy) is 2. The minimum atomic E-state index is -0.105. The van der Waals surface area contributed by atoms with Crippen molar-refractivity contribution in [1.29, 1.82) is 0 Å². The number of carbonyl (C=O) groups excluding carboxylic acids is 1. The van der Waals surface area contributed by atoms with E-state index in [-0.39, 0.29) is 11.9 Å². The first kappa shape index (κ1) is 18.0. The maximum absolute atomic E-state index is 12.1. The van der Waals surface area contributed by atoms with Gasteiger partial charge < -0.3 is 20.1 Å². The predicted molar refractivity (Wildman–Crippen MR) is 98.7 cm³/mol. The van der Waals surface area contributed by atoms with Crippen molar-refractivity contribution in [3.63, 3.8) is 0 Å². The Hall–Kier alpha value is -2.83. The van der Waals surface area contributed by atoms with Gasteiger partial charge in [0.2, 0.25) is 5.95 Å². The molecule has 1 amide bonds. The lowest BCUT2D eigenvalue weighted by molar-refractivity contribution is 0.0937. The molecule has 26 heavy (non-hydrogen) atoms. The average Bonchev–Trinajstić information content (AvgIpc) is 3.19. The summed E-state index contributed by atoms with van der Waals surface area (Å²) in [5.74, 6) is 1.93. The first-order chi connectivity index (χ1) is 12.7. The van der Waals surface area contributed by atoms with Crippen molar-refractivity contribution >= 4 is 11.9 Å². The molecule has 0 atom stereocenters. The largest absolute Gasteiger partial charge is 0.497 e. The summed E-state index contributed by atoms with van der Waals surface area (Å²) in [6.45, 7) is 1.03. The lowest BCUT2D eigenvalue weighted by Gasteiger charge is -2.11. The molecule has 0 saturated heterocycles. The molecule has 1 aromatic heterocycles. The van der Waals surface area contributed by atoms with Crippen LogP contribution in [-0.4, -0.2) is 42.2 Å². The minimum Gasteiger partial charge on any atom is -0.497 e. The molecule has 3 rings (SSSR count). The topological polar surface area (TPSA) is 85.4 Å². The van der Waals surface area contributed by atoms with Gasteiger partial charge in [-0.2, -0.15) is 0 Å². The zero-order valence-corrected chi connectivity index (χ0v) is 14.9. The fourth-order valence-corrected chi connectivity index (χ4v) is 2.88. The number of methoxy groups -OCH3 is 1. The van der Waals surface area contributed by atoms with Crippen LogP contribution in [0.5, 0.6) is 11.5 Å². The van der Waals surface area contributed by atoms with E-state index in [0.29, 0.717) is 24.7 Å². The maximum Gasteiger partial charge on any atom is 0.254 e. The van der Waals surface area contributed by atoms with E-state index in [2.05, 4.69) is 20.6 Å². The van der Waals surface area contributed by atoms with Gasteiger partial charge in [0.15, 0.2) is 0 Å². The van der Waals surface area contributed by atoms with E-state index in [0.717, 1.165) is 24.3 Å². The van der Waals surface area contributed by atoms with Gasteiger partial charge in [0.25, 0.3) is 5.91 Å². The lowest BCUT2D eigenvalue weighted by Crippen LogP contribution is -2.32. The second-order valence-electron chi connectivity index (χ2n) is 6.20. The molecule has 7 heteroatoms. The highest BCUT2D eigenvalue weighted by atomic mass is 16.5. The lowest BCUT2D eigenvalue weighted by atomic mass is 10.2. The number of carbonyl (C=O) groups is 1. The van der Waals surface area contributed by atoms with E-state index < -0.39 is 0 Å². The van der Waals surface area contributed by atoms with Gasteiger partial charge in [-0.25, -0.2) is 9.97 Å². The fourth-order valence-electron chi connectivity index (χ4n) is 2.88. The van der Waals surface area contributed by atoms with Gasteiger partial charge in [0.1, 0.15) is 18.1 Å². The van der Waals surface area contributed by atoms with Gasteiger partial charge in [0, 0.05) is 18.4 Å². The number of aromatic nitrogens is 2. The summed E-state index contributed by atoms with van der Waals surface area (Å²) in [6, 6.07) is 7.69. The molecule has 2 N–H and O–H groups in total. The summed E-state index contributed by atoms with van der Waals surface area (Å²) >= 11 is 0. The number of hydrogen-bond acceptors (Lipinski definition) is 6. The van der Waals surface area contributed by atoms with E-state index in [1.807, 2.05) is 24.3 Å². The molecule has 0 unspecified atom stereocenters. The maximum atomic E-state index is 12.1. The Kier molecular flexibility index (Phi) is 6.24. The molecule has 0 spiro atoms. The highest BCUT2D eigenvalue weighted by Crippen LogP contribution is 2.18. The molecule has 7 nitrogen and oxygen atoms in total. The van der Waals surface area contributed by atoms with Crippen LogP contribution in [0.1, 0.15) is 36.0 Å². The Morgan fingerprint density at radius 2 is 1.77 bits per heavy atom. The predicted octanol–water partition coefficient (Wildman–Crippen LogP) is 2.65. The molecular formula is C19H24N4O3. The summed E-state index contributed by atoms with van der Waals surface area (Å²) in [4.78, 5) is 20.5. The molecule has 1 heterocycles. The zero-order chi connectivity index (χ0) is 18.2. The zero-order valence-electron chi connectivity index (χ0n) is 14.9. The Labute approximate surface area is 153 Å². The number of nitrogens with one attached hydrogen (secondary N) is 2. The molecule has 1 aliphatic carbocycles. The molecule has 2 aromatic rings. The summed E-state index contributed by atoms with van der Waals surface area (Å²) in [5.41, 5.74) is 0.483. The molecular weight excluding hydrogens is 332 g/mol. The molecule has 138 valence electrons. The van der Waals surface area contributed by atoms with E-state index in [9.17, 15) is 4.79 Å². The van der Waals surface area contributed by atoms with E-state index in [1.165, 1.54) is 12.8 Å². The second kappa shape index (κ2) is 9.03. The number of rotatable bonds is 8. The van der Waals surface area contributed by atoms with Gasteiger partial charge in [-0.1, -0.05) is 12.8 Å². The SMILES string of the molecule is COc1ccc(OCCNc2ncc(C(=O)NC3CCCC3)cn2)cc1. The van der Waals surface area contributed by atoms with Gasteiger partial charge in [-0.15, -0.1) is 0 Å². The van der Waals surface area contributed by atoms with Gasteiger partial charge in [-0.3, -0.25) is 4.79 Å². The quantitative estimate of drug-likeness (QED) is 0.707. The van der Waals surface area contributed by atoms with E-state index >= 15 is 0 Å². The Morgan fingerprint density at radius 1 is 1.12 bits per heavy atom. The van der Waals surface area contributed by atoms with Gasteiger partial charge in [-0.05, 0) is 37.1 Å². The summed E-state index contributed by atoms with van der Waals surface area (Å²) < 4.78 is 10.7. The smallest absolute Gasteiger partial charge is 0.254 e. The third-order valence-corrected chi connectivity index (χ3v) is 4.32. The number of nitrogens with zero attached hydrogens (tertiary/aromatic N) is 2. The second-order valence-corrected chi connectivity index (χ2v) is 6.20. The molecule has 1 saturated carbocycles. The van der Waals surface area contributed by atoms with Crippen molar-refractivity contribution in [3.8, 4) is 11.5 Å². The Morgan fingerprint density at radius 3 is 2.42 bits per heavy atom. The van der Waals surface area contributed by atoms with Crippen LogP contribution in [0.25, 0.3) is 0 Å². The van der Waals surface area contributed by atoms with Crippen molar-refractivity contribution in [2.45, 2.75) is 31.7 Å². The average molecular weight is 356 g/mol. The number of benzene rings is 1. The van der Waals surface area contributed by atoms with Crippen LogP contribution in [0.15, 0.2) is 36.7 Å². The molecule has 0 aliphatic heterocycles. The summed E-state index contributed by atoms with van der Waals surface area (Å²) in [5, 5.41) is 6.10. The van der Waals surface area contributed by atoms with Crippen LogP contribution >= 0.6 is 0 Å². The van der Waals surface area contributed by atoms with Crippen LogP contribution in [0, 0.1) is 0 Å². The molecule has 0 radical (unpaired) electrons. The van der Waals surface area contributed by atoms with Crippen LogP contribution in [0.2, 0.25) is 0 Å². The normalized spacial score (nSPS) is 14.0. The van der Waals surface area contributed by atoms with Crippen molar-refractivity contribution < 1.29 is 14.3 Å². The molecule has 0 bridgehead atoms. The Balaban J connectivity index is 1.40. The monoisotopic (exact) mass is 356 g/mol. The number of hydrogen-bond donors (Lipinski definition) is 2. The highest BCUT2D eigenvalue weighted by molar-refractivity contribution is 5.93. The van der Waals surface area contributed by atoms with Crippen molar-refractivity contribution in [2.75, 3.05) is 25.6 Å². The Bertz CT molecular complexity index is 698. The minimum absolute atomic E-state index is 0.105. The van der Waals surface area contributed by atoms with Gasteiger partial charge >= 0.3 is 0 Å². The van der Waals surface area contributed by atoms with Crippen LogP contribution in [0.3, 0.4) is 0 Å². The summed E-state index contributed by atoms with van der Waals surface area (Å²) in [7, 11) is 1.63. The standard InChI is InChI=1S/C19H24N4O3/c1-25-16-6-8-17(9-7-16)26-11-10-20-19-21-12-14(13-22-19)18(24)23-15-4-2-3-5-15/h6-9,12-13,15H,2-5,10-11H2,1H3,(H,23,24)(H,20,21,22). The van der Waals surface area contributed by atoms with Crippen LogP contribution < -0.4 is 20.1 Å². The van der Waals surface area contributed by atoms with E-state index in [1.54, 1.807) is 19.5 Å². The number of amides is 1. The molecule has 1 aliphatic rings. The highest BCUT2D eigenvalue weighted by Gasteiger charge is 2.18. The van der Waals surface area contributed by atoms with Crippen molar-refractivity contribution in [2.24, 2.45) is 0 Å². The number of anilines is 1. The molecule has 1 fully saturated rings. The van der Waals surface area contributed by atoms with E-state index in [4.69, 9.17) is 9.47 Å². The third-order valence-electron chi connectivity index (χ3n) is 4.32.